The number of amides is 4. The van der Waals surface area contributed by atoms with Crippen LogP contribution in [0.3, 0.4) is 0 Å². The number of rotatable bonds is 11. The first kappa shape index (κ1) is 43.8. The van der Waals surface area contributed by atoms with Crippen molar-refractivity contribution in [2.45, 2.75) is 57.8 Å². The molecule has 0 atom stereocenters. The number of nitrogens with one attached hydrogen (secondary N) is 4. The van der Waals surface area contributed by atoms with E-state index in [1.165, 1.54) is 30.3 Å². The van der Waals surface area contributed by atoms with Gasteiger partial charge in [0.25, 0.3) is 20.2 Å². The number of fused-ring (bicyclic) bond motifs is 2. The molecule has 4 aromatic carbocycles. The van der Waals surface area contributed by atoms with E-state index in [9.17, 15) is 40.3 Å². The van der Waals surface area contributed by atoms with Gasteiger partial charge in [0.1, 0.15) is 21.1 Å². The van der Waals surface area contributed by atoms with E-state index in [-0.39, 0.29) is 52.0 Å². The molecule has 0 aromatic heterocycles. The number of urea groups is 2. The number of aliphatic carboxylic acids is 1. The molecule has 17 nitrogen and oxygen atoms in total. The van der Waals surface area contributed by atoms with Crippen LogP contribution in [0.25, 0.3) is 33.4 Å². The summed E-state index contributed by atoms with van der Waals surface area (Å²) >= 11 is 0. The first-order chi connectivity index (χ1) is 28.5. The third kappa shape index (κ3) is 9.19. The number of anilines is 4. The molecule has 0 saturated heterocycles. The lowest BCUT2D eigenvalue weighted by atomic mass is 9.93. The van der Waals surface area contributed by atoms with Gasteiger partial charge < -0.3 is 36.5 Å². The highest BCUT2D eigenvalue weighted by Crippen LogP contribution is 2.44. The maximum absolute atomic E-state index is 13.2. The Kier molecular flexibility index (Phi) is 12.0. The van der Waals surface area contributed by atoms with Crippen LogP contribution >= 0.6 is 0 Å². The van der Waals surface area contributed by atoms with Crippen LogP contribution in [0, 0.1) is 41.5 Å². The highest BCUT2D eigenvalue weighted by Gasteiger charge is 2.27. The van der Waals surface area contributed by atoms with Crippen LogP contribution in [-0.2, 0) is 25.0 Å². The predicted molar refractivity (Wildman–Crippen MR) is 230 cm³/mol. The van der Waals surface area contributed by atoms with Crippen molar-refractivity contribution in [2.24, 2.45) is 10.7 Å². The molecule has 6 rings (SSSR count). The maximum atomic E-state index is 13.2. The fraction of sp³-hybridized carbons (Fsp3) is 0.190. The second kappa shape index (κ2) is 16.7. The molecule has 318 valence electrons. The SMILES string of the molecule is Cc1cc(C)c(NC(=O)NCCC(=O)O)c(C)c1N=c1cc2oc3cc(Nc4c(C)cc(C)c(NC(N)=O)c4C)ccc3c(-c3ccccc3S(=O)(=O)O)c-2cc1S(=O)(=O)O. The summed E-state index contributed by atoms with van der Waals surface area (Å²) in [4.78, 5) is 39.0. The molecule has 1 aliphatic heterocycles. The highest BCUT2D eigenvalue weighted by molar-refractivity contribution is 7.86. The minimum Gasteiger partial charge on any atom is -0.481 e. The average molecular weight is 871 g/mol. The first-order valence-corrected chi connectivity index (χ1v) is 21.4. The first-order valence-electron chi connectivity index (χ1n) is 18.5. The zero-order valence-electron chi connectivity index (χ0n) is 33.7. The third-order valence-corrected chi connectivity index (χ3v) is 11.8. The van der Waals surface area contributed by atoms with Gasteiger partial charge in [-0.1, -0.05) is 30.3 Å². The van der Waals surface area contributed by atoms with Crippen molar-refractivity contribution in [1.29, 1.82) is 0 Å². The van der Waals surface area contributed by atoms with Crippen LogP contribution in [0.4, 0.5) is 38.0 Å². The van der Waals surface area contributed by atoms with E-state index in [2.05, 4.69) is 26.3 Å². The topological polar surface area (TPSA) is 280 Å². The monoisotopic (exact) mass is 870 g/mol. The number of carboxylic acid groups (broad SMARTS) is 1. The molecule has 0 radical (unpaired) electrons. The van der Waals surface area contributed by atoms with Crippen molar-refractivity contribution in [1.82, 2.24) is 5.32 Å². The van der Waals surface area contributed by atoms with E-state index in [0.717, 1.165) is 17.2 Å². The molecule has 0 bridgehead atoms. The largest absolute Gasteiger partial charge is 0.481 e. The van der Waals surface area contributed by atoms with Crippen LogP contribution in [0.15, 0.2) is 85.9 Å². The molecule has 0 spiro atoms. The molecular weight excluding hydrogens is 829 g/mol. The van der Waals surface area contributed by atoms with E-state index in [0.29, 0.717) is 50.4 Å². The quantitative estimate of drug-likeness (QED) is 0.0461. The van der Waals surface area contributed by atoms with E-state index < -0.39 is 48.1 Å². The number of nitrogens with two attached hydrogens (primary N) is 1. The second-order valence-corrected chi connectivity index (χ2v) is 17.2. The van der Waals surface area contributed by atoms with Crippen LogP contribution in [0.2, 0.25) is 0 Å². The summed E-state index contributed by atoms with van der Waals surface area (Å²) in [6.07, 6.45) is -0.301. The van der Waals surface area contributed by atoms with Crippen LogP contribution < -0.4 is 32.4 Å². The van der Waals surface area contributed by atoms with Crippen molar-refractivity contribution in [3.05, 3.63) is 105 Å². The molecule has 61 heavy (non-hydrogen) atoms. The smallest absolute Gasteiger partial charge is 0.319 e. The van der Waals surface area contributed by atoms with Gasteiger partial charge in [-0.3, -0.25) is 13.9 Å². The zero-order valence-corrected chi connectivity index (χ0v) is 35.3. The van der Waals surface area contributed by atoms with Gasteiger partial charge >= 0.3 is 18.0 Å². The summed E-state index contributed by atoms with van der Waals surface area (Å²) < 4.78 is 79.3. The van der Waals surface area contributed by atoms with Crippen LogP contribution in [0.1, 0.15) is 39.8 Å². The fourth-order valence-electron chi connectivity index (χ4n) is 7.40. The third-order valence-electron chi connectivity index (χ3n) is 10.0. The predicted octanol–water partition coefficient (Wildman–Crippen LogP) is 7.61. The van der Waals surface area contributed by atoms with E-state index >= 15 is 0 Å². The number of primary amides is 1. The Morgan fingerprint density at radius 3 is 1.98 bits per heavy atom. The van der Waals surface area contributed by atoms with E-state index in [4.69, 9.17) is 15.3 Å². The van der Waals surface area contributed by atoms with Crippen LogP contribution in [0.5, 0.6) is 0 Å². The van der Waals surface area contributed by atoms with E-state index in [1.54, 1.807) is 45.0 Å². The molecular formula is C42H42N6O11S2. The Hall–Kier alpha value is -6.80. The van der Waals surface area contributed by atoms with Gasteiger partial charge in [-0.15, -0.1) is 0 Å². The lowest BCUT2D eigenvalue weighted by Gasteiger charge is -2.20. The van der Waals surface area contributed by atoms with Gasteiger partial charge in [-0.2, -0.15) is 16.8 Å². The normalized spacial score (nSPS) is 12.1. The average Bonchev–Trinajstić information content (AvgIpc) is 3.16. The molecule has 1 aliphatic carbocycles. The van der Waals surface area contributed by atoms with Gasteiger partial charge in [0.15, 0.2) is 0 Å². The standard InChI is InChI=1S/C42H42N6O11S2/c1-20-15-22(3)39(47-41(43)51)24(5)37(20)45-26-11-12-27-31(17-26)59-32-19-30(46-38-21(2)16-23(4)40(25(38)6)48-42(52)44-14-13-35(49)50)34(61(56,57)58)18-29(32)36(27)28-9-7-8-10-33(28)60(53,54)55/h7-12,15-19,45H,13-14H2,1-6H3,(H,49,50)(H3,43,47,51)(H2,44,48,52)(H,53,54,55)(H,56,57,58). The Morgan fingerprint density at radius 2 is 1.34 bits per heavy atom. The van der Waals surface area contributed by atoms with E-state index in [1.807, 2.05) is 26.8 Å². The molecule has 0 unspecified atom stereocenters. The molecule has 0 saturated carbocycles. The van der Waals surface area contributed by atoms with Gasteiger partial charge in [-0.25, -0.2) is 14.6 Å². The molecule has 2 aliphatic rings. The second-order valence-electron chi connectivity index (χ2n) is 14.4. The summed E-state index contributed by atoms with van der Waals surface area (Å²) in [7, 11) is -9.90. The molecule has 1 heterocycles. The van der Waals surface area contributed by atoms with Crippen LogP contribution in [-0.4, -0.2) is 55.6 Å². The van der Waals surface area contributed by atoms with Gasteiger partial charge in [-0.05, 0) is 99.2 Å². The number of nitrogens with zero attached hydrogens (tertiary/aromatic N) is 1. The van der Waals surface area contributed by atoms with Crippen molar-refractivity contribution in [2.75, 3.05) is 22.5 Å². The number of hydrogen-bond acceptors (Lipinski definition) is 10. The molecule has 4 amide bonds. The number of benzene rings is 5. The summed E-state index contributed by atoms with van der Waals surface area (Å²) in [6, 6.07) is 15.1. The van der Waals surface area contributed by atoms with Gasteiger partial charge in [0.05, 0.1) is 28.8 Å². The van der Waals surface area contributed by atoms with Crippen molar-refractivity contribution in [3.8, 4) is 22.5 Å². The molecule has 19 heteroatoms. The minimum atomic E-state index is -5.05. The van der Waals surface area contributed by atoms with Gasteiger partial charge in [0.2, 0.25) is 0 Å². The number of carbonyl (C=O) groups excluding carboxylic acids is 2. The maximum Gasteiger partial charge on any atom is 0.319 e. The number of aryl methyl sites for hydroxylation is 4. The number of hydrogen-bond donors (Lipinski definition) is 8. The minimum absolute atomic E-state index is 0.00236. The zero-order chi connectivity index (χ0) is 44.7. The lowest BCUT2D eigenvalue weighted by molar-refractivity contribution is -0.136. The summed E-state index contributed by atoms with van der Waals surface area (Å²) in [5.74, 6) is -1.09. The summed E-state index contributed by atoms with van der Waals surface area (Å²) in [5, 5.41) is 20.2. The number of carbonyl (C=O) groups is 3. The highest BCUT2D eigenvalue weighted by atomic mass is 32.2. The van der Waals surface area contributed by atoms with Crippen molar-refractivity contribution < 1.29 is 49.8 Å². The summed E-state index contributed by atoms with van der Waals surface area (Å²) in [5.41, 5.74) is 12.0. The fourth-order valence-corrected chi connectivity index (χ4v) is 8.74. The Morgan fingerprint density at radius 1 is 0.721 bits per heavy atom. The summed E-state index contributed by atoms with van der Waals surface area (Å²) in [6.45, 7) is 10.5. The molecule has 9 N–H and O–H groups in total. The molecule has 0 fully saturated rings. The van der Waals surface area contributed by atoms with Crippen molar-refractivity contribution in [3.63, 3.8) is 0 Å². The number of carboxylic acids is 1. The molecule has 4 aromatic rings. The van der Waals surface area contributed by atoms with Gasteiger partial charge in [0, 0.05) is 52.1 Å². The Bertz CT molecular complexity index is 3090. The Labute approximate surface area is 350 Å². The Balaban J connectivity index is 1.63. The van der Waals surface area contributed by atoms with Crippen molar-refractivity contribution >= 4 is 77.7 Å². The lowest BCUT2D eigenvalue weighted by Crippen LogP contribution is -2.31.